The van der Waals surface area contributed by atoms with E-state index in [1.165, 1.54) is 12.1 Å². The molecule has 2 rings (SSSR count). The first kappa shape index (κ1) is 13.1. The minimum atomic E-state index is -4.71. The Morgan fingerprint density at radius 2 is 1.11 bits per heavy atom. The van der Waals surface area contributed by atoms with Gasteiger partial charge >= 0.3 is 6.36 Å². The third-order valence-corrected chi connectivity index (χ3v) is 2.03. The van der Waals surface area contributed by atoms with Gasteiger partial charge in [0.1, 0.15) is 5.75 Å². The van der Waals surface area contributed by atoms with Gasteiger partial charge in [0.25, 0.3) is 0 Å². The van der Waals surface area contributed by atoms with Crippen LogP contribution in [0.5, 0.6) is 17.2 Å². The Balaban J connectivity index is 1.92. The summed E-state index contributed by atoms with van der Waals surface area (Å²) in [4.78, 5) is 9.91. The van der Waals surface area contributed by atoms with Crippen molar-refractivity contribution in [3.05, 3.63) is 54.6 Å². The van der Waals surface area contributed by atoms with Gasteiger partial charge in [-0.1, -0.05) is 18.2 Å². The zero-order chi connectivity index (χ0) is 13.7. The molecule has 0 fully saturated rings. The summed E-state index contributed by atoms with van der Waals surface area (Å²) in [7, 11) is 0. The molecule has 0 aliphatic rings. The Morgan fingerprint density at radius 1 is 0.632 bits per heavy atom. The van der Waals surface area contributed by atoms with Gasteiger partial charge in [-0.2, -0.15) is 0 Å². The lowest BCUT2D eigenvalue weighted by molar-refractivity contribution is -0.274. The number of hydrogen-bond acceptors (Lipinski definition) is 3. The number of ether oxygens (including phenoxy) is 1. The molecule has 0 aliphatic carbocycles. The highest BCUT2D eigenvalue weighted by atomic mass is 19.4. The van der Waals surface area contributed by atoms with Gasteiger partial charge in [0, 0.05) is 0 Å². The predicted octanol–water partition coefficient (Wildman–Crippen LogP) is 3.96. The van der Waals surface area contributed by atoms with Crippen molar-refractivity contribution in [3.8, 4) is 17.2 Å². The molecule has 0 N–H and O–H groups in total. The van der Waals surface area contributed by atoms with Gasteiger partial charge < -0.3 is 4.74 Å². The number of rotatable bonds is 4. The molecule has 0 saturated carbocycles. The van der Waals surface area contributed by atoms with Crippen LogP contribution in [-0.4, -0.2) is 6.36 Å². The van der Waals surface area contributed by atoms with E-state index in [1.54, 1.807) is 24.3 Å². The first-order chi connectivity index (χ1) is 9.03. The van der Waals surface area contributed by atoms with Gasteiger partial charge in [-0.25, -0.2) is 0 Å². The fraction of sp³-hybridized carbons (Fsp3) is 0.0769. The molecule has 2 aromatic carbocycles. The normalized spacial score (nSPS) is 10.9. The average molecular weight is 270 g/mol. The van der Waals surface area contributed by atoms with E-state index in [4.69, 9.17) is 9.78 Å². The summed E-state index contributed by atoms with van der Waals surface area (Å²) in [5.74, 6) is 0.427. The van der Waals surface area contributed by atoms with Crippen molar-refractivity contribution in [2.24, 2.45) is 0 Å². The van der Waals surface area contributed by atoms with Crippen LogP contribution in [0.1, 0.15) is 0 Å². The van der Waals surface area contributed by atoms with Gasteiger partial charge in [-0.05, 0) is 36.4 Å². The molecule has 6 heteroatoms. The van der Waals surface area contributed by atoms with Crippen LogP contribution in [-0.2, 0) is 0 Å². The molecule has 0 radical (unpaired) electrons. The molecule has 0 amide bonds. The van der Waals surface area contributed by atoms with E-state index in [0.717, 1.165) is 12.1 Å². The maximum absolute atomic E-state index is 11.9. The second-order valence-electron chi connectivity index (χ2n) is 3.50. The highest BCUT2D eigenvalue weighted by Crippen LogP contribution is 2.25. The van der Waals surface area contributed by atoms with Crippen molar-refractivity contribution in [3.63, 3.8) is 0 Å². The van der Waals surface area contributed by atoms with Crippen molar-refractivity contribution in [1.82, 2.24) is 0 Å². The minimum absolute atomic E-state index is 0.262. The zero-order valence-electron chi connectivity index (χ0n) is 9.55. The molecule has 0 atom stereocenters. The van der Waals surface area contributed by atoms with E-state index in [9.17, 15) is 13.2 Å². The molecule has 0 aromatic heterocycles. The van der Waals surface area contributed by atoms with Crippen LogP contribution < -0.4 is 14.5 Å². The quantitative estimate of drug-likeness (QED) is 0.621. The molecule has 0 saturated heterocycles. The first-order valence-electron chi connectivity index (χ1n) is 5.28. The summed E-state index contributed by atoms with van der Waals surface area (Å²) in [6, 6.07) is 13.6. The maximum atomic E-state index is 11.9. The Kier molecular flexibility index (Phi) is 3.79. The van der Waals surface area contributed by atoms with Crippen LogP contribution in [0.2, 0.25) is 0 Å². The third kappa shape index (κ3) is 4.42. The Bertz CT molecular complexity index is 509. The Labute approximate surface area is 107 Å². The summed E-state index contributed by atoms with van der Waals surface area (Å²) >= 11 is 0. The lowest BCUT2D eigenvalue weighted by Gasteiger charge is -2.09. The topological polar surface area (TPSA) is 27.7 Å². The van der Waals surface area contributed by atoms with Crippen LogP contribution in [0, 0.1) is 0 Å². The van der Waals surface area contributed by atoms with E-state index in [1.807, 2.05) is 6.07 Å². The number of halogens is 3. The SMILES string of the molecule is FC(F)(F)Oc1ccc(OOc2ccccc2)cc1. The maximum Gasteiger partial charge on any atom is 0.573 e. The Morgan fingerprint density at radius 3 is 1.63 bits per heavy atom. The van der Waals surface area contributed by atoms with Crippen molar-refractivity contribution in [2.75, 3.05) is 0 Å². The average Bonchev–Trinajstić information content (AvgIpc) is 2.37. The summed E-state index contributed by atoms with van der Waals surface area (Å²) in [6.07, 6.45) is -4.71. The largest absolute Gasteiger partial charge is 0.573 e. The summed E-state index contributed by atoms with van der Waals surface area (Å²) < 4.78 is 39.5. The molecule has 0 heterocycles. The molecule has 0 unspecified atom stereocenters. The second-order valence-corrected chi connectivity index (χ2v) is 3.50. The number of hydrogen-bond donors (Lipinski definition) is 0. The van der Waals surface area contributed by atoms with Crippen LogP contribution in [0.4, 0.5) is 13.2 Å². The summed E-state index contributed by atoms with van der Waals surface area (Å²) in [6.45, 7) is 0. The monoisotopic (exact) mass is 270 g/mol. The highest BCUT2D eigenvalue weighted by molar-refractivity contribution is 5.31. The fourth-order valence-electron chi connectivity index (χ4n) is 1.27. The van der Waals surface area contributed by atoms with Gasteiger partial charge in [-0.3, -0.25) is 9.78 Å². The molecular formula is C13H9F3O3. The van der Waals surface area contributed by atoms with Crippen molar-refractivity contribution < 1.29 is 27.7 Å². The minimum Gasteiger partial charge on any atom is -0.406 e. The first-order valence-corrected chi connectivity index (χ1v) is 5.28. The molecule has 0 aliphatic heterocycles. The van der Waals surface area contributed by atoms with Gasteiger partial charge in [0.15, 0.2) is 11.5 Å². The lowest BCUT2D eigenvalue weighted by Crippen LogP contribution is -2.17. The third-order valence-electron chi connectivity index (χ3n) is 2.03. The molecule has 3 nitrogen and oxygen atoms in total. The molecule has 0 bridgehead atoms. The van der Waals surface area contributed by atoms with Crippen molar-refractivity contribution in [2.45, 2.75) is 6.36 Å². The highest BCUT2D eigenvalue weighted by Gasteiger charge is 2.30. The zero-order valence-corrected chi connectivity index (χ0v) is 9.55. The van der Waals surface area contributed by atoms with Crippen molar-refractivity contribution >= 4 is 0 Å². The van der Waals surface area contributed by atoms with Crippen LogP contribution in [0.25, 0.3) is 0 Å². The fourth-order valence-corrected chi connectivity index (χ4v) is 1.27. The van der Waals surface area contributed by atoms with Crippen LogP contribution in [0.15, 0.2) is 54.6 Å². The molecule has 2 aromatic rings. The van der Waals surface area contributed by atoms with Crippen LogP contribution >= 0.6 is 0 Å². The van der Waals surface area contributed by atoms with E-state index in [0.29, 0.717) is 5.75 Å². The lowest BCUT2D eigenvalue weighted by atomic mass is 10.3. The molecule has 0 spiro atoms. The Hall–Kier alpha value is -2.37. The number of benzene rings is 2. The van der Waals surface area contributed by atoms with E-state index < -0.39 is 6.36 Å². The van der Waals surface area contributed by atoms with Gasteiger partial charge in [0.2, 0.25) is 0 Å². The van der Waals surface area contributed by atoms with Crippen molar-refractivity contribution in [1.29, 1.82) is 0 Å². The smallest absolute Gasteiger partial charge is 0.406 e. The molecule has 100 valence electrons. The standard InChI is InChI=1S/C13H9F3O3/c14-13(15,16)17-10-6-8-12(9-7-10)19-18-11-4-2-1-3-5-11/h1-9H. The molecular weight excluding hydrogens is 261 g/mol. The van der Waals surface area contributed by atoms with Gasteiger partial charge in [0.05, 0.1) is 0 Å². The van der Waals surface area contributed by atoms with E-state index >= 15 is 0 Å². The summed E-state index contributed by atoms with van der Waals surface area (Å²) in [5.41, 5.74) is 0. The number of para-hydroxylation sites is 1. The summed E-state index contributed by atoms with van der Waals surface area (Å²) in [5, 5.41) is 0. The predicted molar refractivity (Wildman–Crippen MR) is 60.8 cm³/mol. The van der Waals surface area contributed by atoms with Crippen LogP contribution in [0.3, 0.4) is 0 Å². The van der Waals surface area contributed by atoms with E-state index in [-0.39, 0.29) is 11.5 Å². The molecule has 19 heavy (non-hydrogen) atoms. The second kappa shape index (κ2) is 5.51. The van der Waals surface area contributed by atoms with E-state index in [2.05, 4.69) is 4.74 Å². The van der Waals surface area contributed by atoms with Gasteiger partial charge in [-0.15, -0.1) is 13.2 Å². The number of alkyl halides is 3.